The Labute approximate surface area is 338 Å². The molecule has 0 radical (unpaired) electrons. The summed E-state index contributed by atoms with van der Waals surface area (Å²) in [6.07, 6.45) is 3.61. The Morgan fingerprint density at radius 2 is 1.91 bits per heavy atom. The van der Waals surface area contributed by atoms with Crippen molar-refractivity contribution in [3.05, 3.63) is 42.3 Å². The molecule has 0 spiro atoms. The molecule has 6 rings (SSSR count). The van der Waals surface area contributed by atoms with Gasteiger partial charge in [-0.2, -0.15) is 5.26 Å². The number of carbonyl (C=O) groups is 3. The first kappa shape index (κ1) is 42.3. The highest BCUT2D eigenvalue weighted by Gasteiger charge is 2.65. The SMILES string of the molecule is C=C[C@@H]1C[C@]1(CC(=O)[C@@H]1C[C@@H](Oc2cc(-c3csc(NC(C)C)n3)nc3cc(OC)ccc23)CN1C(=O)[C@@H](CC(=O)OC1CCCC1)C(C)(C)C)P(=O)(O)CC#N. The number of thiazole rings is 1. The monoisotopic (exact) mass is 819 g/mol. The van der Waals surface area contributed by atoms with Crippen LogP contribution in [0.1, 0.15) is 86.0 Å². The molecule has 2 N–H and O–H groups in total. The Bertz CT molecular complexity index is 2100. The molecule has 2 saturated carbocycles. The zero-order valence-electron chi connectivity index (χ0n) is 33.7. The molecule has 3 aromatic rings. The predicted octanol–water partition coefficient (Wildman–Crippen LogP) is 7.77. The summed E-state index contributed by atoms with van der Waals surface area (Å²) in [5.74, 6) is -1.40. The summed E-state index contributed by atoms with van der Waals surface area (Å²) in [5, 5.41) is 14.7. The third-order valence-electron chi connectivity index (χ3n) is 11.5. The molecule has 3 heterocycles. The van der Waals surface area contributed by atoms with Crippen LogP contribution < -0.4 is 14.8 Å². The normalized spacial score (nSPS) is 23.8. The van der Waals surface area contributed by atoms with Crippen LogP contribution in [-0.2, 0) is 23.7 Å². The van der Waals surface area contributed by atoms with Crippen LogP contribution in [0.25, 0.3) is 22.3 Å². The minimum Gasteiger partial charge on any atom is -0.497 e. The maximum Gasteiger partial charge on any atom is 0.306 e. The molecule has 3 fully saturated rings. The Morgan fingerprint density at radius 1 is 1.18 bits per heavy atom. The van der Waals surface area contributed by atoms with Gasteiger partial charge in [-0.15, -0.1) is 17.9 Å². The quantitative estimate of drug-likeness (QED) is 0.0815. The predicted molar refractivity (Wildman–Crippen MR) is 220 cm³/mol. The highest BCUT2D eigenvalue weighted by atomic mass is 32.1. The van der Waals surface area contributed by atoms with Crippen LogP contribution in [0.5, 0.6) is 11.5 Å². The van der Waals surface area contributed by atoms with E-state index in [1.807, 2.05) is 52.1 Å². The lowest BCUT2D eigenvalue weighted by atomic mass is 9.77. The number of hydrogen-bond acceptors (Lipinski definition) is 12. The van der Waals surface area contributed by atoms with Crippen LogP contribution in [0.2, 0.25) is 0 Å². The number of likely N-dealkylation sites (tertiary alicyclic amines) is 1. The topological polar surface area (TPSA) is 181 Å². The molecule has 2 aliphatic carbocycles. The second-order valence-corrected chi connectivity index (χ2v) is 20.5. The van der Waals surface area contributed by atoms with Crippen LogP contribution in [0.4, 0.5) is 5.13 Å². The van der Waals surface area contributed by atoms with Crippen molar-refractivity contribution in [3.63, 3.8) is 0 Å². The van der Waals surface area contributed by atoms with E-state index in [9.17, 15) is 29.1 Å². The molecule has 1 saturated heterocycles. The number of hydrogen-bond donors (Lipinski definition) is 2. The van der Waals surface area contributed by atoms with Crippen molar-refractivity contribution < 1.29 is 38.1 Å². The summed E-state index contributed by atoms with van der Waals surface area (Å²) in [5.41, 5.74) is 1.13. The lowest BCUT2D eigenvalue weighted by Crippen LogP contribution is -2.48. The molecule has 1 aromatic carbocycles. The van der Waals surface area contributed by atoms with Gasteiger partial charge in [0.2, 0.25) is 13.3 Å². The van der Waals surface area contributed by atoms with Gasteiger partial charge in [-0.3, -0.25) is 18.9 Å². The molecule has 13 nitrogen and oxygen atoms in total. The number of Topliss-reactive ketones (excluding diaryl/α,β-unsaturated/α-hetero) is 1. The number of benzene rings is 1. The molecule has 6 atom stereocenters. The fourth-order valence-electron chi connectivity index (χ4n) is 8.24. The summed E-state index contributed by atoms with van der Waals surface area (Å²) in [7, 11) is -2.52. The minimum absolute atomic E-state index is 0.0286. The van der Waals surface area contributed by atoms with Crippen molar-refractivity contribution in [2.75, 3.05) is 25.1 Å². The largest absolute Gasteiger partial charge is 0.497 e. The number of esters is 1. The van der Waals surface area contributed by atoms with Gasteiger partial charge in [0.25, 0.3) is 0 Å². The summed E-state index contributed by atoms with van der Waals surface area (Å²) < 4.78 is 31.6. The standard InChI is InChI=1S/C42H54N5O8PS/c1-8-26-21-42(26,56(51,52)16-15-43)22-36(48)35-18-29(23-47(35)39(50)31(41(4,5)6)19-38(49)55-27-11-9-10-12-27)54-37-20-33(34-24-57-40(46-34)44-25(2)3)45-32-17-28(53-7)13-14-30(32)37/h8,13-14,17,20,24-27,29,31,35H,1,9-12,16,18-19,21-23H2,2-7H3,(H,44,46)(H,51,52)/t26-,29-,31-,35+,42-/m1/s1. The maximum atomic E-state index is 14.8. The van der Waals surface area contributed by atoms with Gasteiger partial charge in [-0.25, -0.2) is 9.97 Å². The number of methoxy groups -OCH3 is 1. The summed E-state index contributed by atoms with van der Waals surface area (Å²) >= 11 is 1.46. The van der Waals surface area contributed by atoms with Crippen LogP contribution in [0.15, 0.2) is 42.3 Å². The van der Waals surface area contributed by atoms with Gasteiger partial charge >= 0.3 is 5.97 Å². The van der Waals surface area contributed by atoms with Crippen LogP contribution in [-0.4, -0.2) is 86.7 Å². The fourth-order valence-corrected chi connectivity index (χ4v) is 11.1. The molecule has 15 heteroatoms. The Hall–Kier alpha value is -4.31. The molecule has 57 heavy (non-hydrogen) atoms. The molecular formula is C42H54N5O8PS. The van der Waals surface area contributed by atoms with E-state index in [-0.39, 0.29) is 50.3 Å². The van der Waals surface area contributed by atoms with Crippen LogP contribution in [0.3, 0.4) is 0 Å². The highest BCUT2D eigenvalue weighted by Crippen LogP contribution is 2.72. The van der Waals surface area contributed by atoms with Gasteiger partial charge in [0.05, 0.1) is 54.5 Å². The Kier molecular flexibility index (Phi) is 12.5. The second-order valence-electron chi connectivity index (χ2n) is 17.0. The van der Waals surface area contributed by atoms with Gasteiger partial charge in [0.1, 0.15) is 35.6 Å². The summed E-state index contributed by atoms with van der Waals surface area (Å²) in [4.78, 5) is 64.8. The number of amides is 1. The zero-order chi connectivity index (χ0) is 41.3. The molecular weight excluding hydrogens is 766 g/mol. The first-order valence-electron chi connectivity index (χ1n) is 19.7. The van der Waals surface area contributed by atoms with Gasteiger partial charge in [0, 0.05) is 41.8 Å². The lowest BCUT2D eigenvalue weighted by Gasteiger charge is -2.35. The molecule has 0 bridgehead atoms. The van der Waals surface area contributed by atoms with E-state index in [0.29, 0.717) is 33.8 Å². The number of nitriles is 1. The molecule has 1 amide bonds. The van der Waals surface area contributed by atoms with E-state index in [0.717, 1.165) is 30.8 Å². The van der Waals surface area contributed by atoms with E-state index in [2.05, 4.69) is 11.9 Å². The van der Waals surface area contributed by atoms with Crippen molar-refractivity contribution in [2.24, 2.45) is 17.3 Å². The van der Waals surface area contributed by atoms with Gasteiger partial charge in [-0.1, -0.05) is 26.8 Å². The first-order valence-corrected chi connectivity index (χ1v) is 22.4. The van der Waals surface area contributed by atoms with Crippen LogP contribution in [0, 0.1) is 28.6 Å². The van der Waals surface area contributed by atoms with Gasteiger partial charge < -0.3 is 29.3 Å². The van der Waals surface area contributed by atoms with E-state index in [1.165, 1.54) is 16.2 Å². The number of anilines is 1. The average molecular weight is 820 g/mol. The van der Waals surface area contributed by atoms with Crippen LogP contribution >= 0.6 is 18.7 Å². The average Bonchev–Trinajstić information content (AvgIpc) is 3.55. The third-order valence-corrected chi connectivity index (χ3v) is 14.9. The van der Waals surface area contributed by atoms with E-state index in [4.69, 9.17) is 24.2 Å². The number of fused-ring (bicyclic) bond motifs is 1. The minimum atomic E-state index is -4.10. The Morgan fingerprint density at radius 3 is 2.54 bits per heavy atom. The lowest BCUT2D eigenvalue weighted by molar-refractivity contribution is -0.156. The number of aromatic nitrogens is 2. The van der Waals surface area contributed by atoms with E-state index in [1.54, 1.807) is 31.4 Å². The molecule has 2 aromatic heterocycles. The highest BCUT2D eigenvalue weighted by molar-refractivity contribution is 7.60. The molecule has 3 aliphatic rings. The van der Waals surface area contributed by atoms with E-state index < -0.39 is 59.8 Å². The smallest absolute Gasteiger partial charge is 0.306 e. The van der Waals surface area contributed by atoms with Crippen molar-refractivity contribution in [2.45, 2.75) is 115 Å². The second kappa shape index (κ2) is 16.9. The number of carbonyl (C=O) groups excluding carboxylic acids is 3. The third kappa shape index (κ3) is 9.21. The maximum absolute atomic E-state index is 14.8. The summed E-state index contributed by atoms with van der Waals surface area (Å²) in [6.45, 7) is 13.6. The Balaban J connectivity index is 1.35. The van der Waals surface area contributed by atoms with Gasteiger partial charge in [0.15, 0.2) is 10.9 Å². The number of ketones is 1. The fraction of sp³-hybridized carbons (Fsp3) is 0.571. The van der Waals surface area contributed by atoms with Crippen molar-refractivity contribution >= 4 is 52.4 Å². The number of rotatable bonds is 16. The summed E-state index contributed by atoms with van der Waals surface area (Å²) in [6, 6.07) is 8.25. The zero-order valence-corrected chi connectivity index (χ0v) is 35.4. The van der Waals surface area contributed by atoms with Gasteiger partial charge in [-0.05, 0) is 69.4 Å². The number of nitrogens with zero attached hydrogens (tertiary/aromatic N) is 4. The van der Waals surface area contributed by atoms with Crippen molar-refractivity contribution in [3.8, 4) is 29.0 Å². The molecule has 306 valence electrons. The molecule has 1 unspecified atom stereocenters. The van der Waals surface area contributed by atoms with Crippen molar-refractivity contribution in [1.82, 2.24) is 14.9 Å². The number of ether oxygens (including phenoxy) is 3. The first-order chi connectivity index (χ1) is 27.0. The van der Waals surface area contributed by atoms with E-state index >= 15 is 0 Å². The van der Waals surface area contributed by atoms with Crippen molar-refractivity contribution in [1.29, 1.82) is 5.26 Å². The number of pyridine rings is 1. The number of nitrogens with one attached hydrogen (secondary N) is 1. The number of allylic oxidation sites excluding steroid dienone is 1. The molecule has 1 aliphatic heterocycles.